The molecule has 0 amide bonds. The molecule has 0 radical (unpaired) electrons. The standard InChI is InChI=1S/C17H25N3/c1-3-20-13(2)19-15-11-14(7-8-16(15)20)17(12-18)9-5-4-6-10-17/h7-8,11H,3-6,9-10,12,18H2,1-2H3. The van der Waals surface area contributed by atoms with E-state index in [0.29, 0.717) is 0 Å². The summed E-state index contributed by atoms with van der Waals surface area (Å²) in [6.45, 7) is 5.99. The Labute approximate surface area is 121 Å². The highest BCUT2D eigenvalue weighted by Crippen LogP contribution is 2.39. The van der Waals surface area contributed by atoms with E-state index in [0.717, 1.165) is 24.4 Å². The third-order valence-corrected chi connectivity index (χ3v) is 5.07. The first kappa shape index (κ1) is 13.6. The molecule has 1 aliphatic carbocycles. The highest BCUT2D eigenvalue weighted by molar-refractivity contribution is 5.77. The molecule has 108 valence electrons. The first-order valence-corrected chi connectivity index (χ1v) is 7.87. The van der Waals surface area contributed by atoms with Crippen LogP contribution in [0.25, 0.3) is 11.0 Å². The molecule has 3 nitrogen and oxygen atoms in total. The quantitative estimate of drug-likeness (QED) is 0.928. The van der Waals surface area contributed by atoms with E-state index in [1.807, 2.05) is 0 Å². The third kappa shape index (κ3) is 2.05. The smallest absolute Gasteiger partial charge is 0.106 e. The maximum Gasteiger partial charge on any atom is 0.106 e. The maximum atomic E-state index is 6.15. The Morgan fingerprint density at radius 2 is 2.00 bits per heavy atom. The van der Waals surface area contributed by atoms with Crippen molar-refractivity contribution in [2.24, 2.45) is 5.73 Å². The predicted molar refractivity (Wildman–Crippen MR) is 84.0 cm³/mol. The summed E-state index contributed by atoms with van der Waals surface area (Å²) in [5, 5.41) is 0. The number of hydrogen-bond acceptors (Lipinski definition) is 2. The second kappa shape index (κ2) is 5.21. The van der Waals surface area contributed by atoms with E-state index in [9.17, 15) is 0 Å². The lowest BCUT2D eigenvalue weighted by Crippen LogP contribution is -2.37. The predicted octanol–water partition coefficient (Wildman–Crippen LogP) is 3.53. The molecule has 0 saturated heterocycles. The second-order valence-electron chi connectivity index (χ2n) is 6.15. The largest absolute Gasteiger partial charge is 0.330 e. The van der Waals surface area contributed by atoms with Gasteiger partial charge in [0, 0.05) is 18.5 Å². The van der Waals surface area contributed by atoms with Crippen molar-refractivity contribution in [3.8, 4) is 0 Å². The zero-order valence-electron chi connectivity index (χ0n) is 12.7. The van der Waals surface area contributed by atoms with Crippen molar-refractivity contribution in [3.63, 3.8) is 0 Å². The van der Waals surface area contributed by atoms with Crippen LogP contribution in [0.5, 0.6) is 0 Å². The van der Waals surface area contributed by atoms with Crippen LogP contribution in [0.2, 0.25) is 0 Å². The van der Waals surface area contributed by atoms with Gasteiger partial charge in [-0.05, 0) is 44.4 Å². The second-order valence-corrected chi connectivity index (χ2v) is 6.15. The molecule has 1 aliphatic rings. The fourth-order valence-electron chi connectivity index (χ4n) is 3.82. The third-order valence-electron chi connectivity index (χ3n) is 5.07. The maximum absolute atomic E-state index is 6.15. The van der Waals surface area contributed by atoms with Crippen molar-refractivity contribution in [2.45, 2.75) is 57.9 Å². The summed E-state index contributed by atoms with van der Waals surface area (Å²) >= 11 is 0. The van der Waals surface area contributed by atoms with Gasteiger partial charge in [-0.25, -0.2) is 4.98 Å². The van der Waals surface area contributed by atoms with Crippen molar-refractivity contribution in [1.29, 1.82) is 0 Å². The van der Waals surface area contributed by atoms with Crippen molar-refractivity contribution in [1.82, 2.24) is 9.55 Å². The molecule has 1 heterocycles. The minimum atomic E-state index is 0.191. The summed E-state index contributed by atoms with van der Waals surface area (Å²) in [6.07, 6.45) is 6.41. The van der Waals surface area contributed by atoms with Crippen molar-refractivity contribution in [3.05, 3.63) is 29.6 Å². The normalized spacial score (nSPS) is 18.6. The van der Waals surface area contributed by atoms with Gasteiger partial charge in [0.15, 0.2) is 0 Å². The van der Waals surface area contributed by atoms with Crippen LogP contribution in [0, 0.1) is 6.92 Å². The fraction of sp³-hybridized carbons (Fsp3) is 0.588. The summed E-state index contributed by atoms with van der Waals surface area (Å²) in [7, 11) is 0. The Morgan fingerprint density at radius 1 is 1.25 bits per heavy atom. The average Bonchev–Trinajstić information content (AvgIpc) is 2.82. The molecule has 0 bridgehead atoms. The van der Waals surface area contributed by atoms with Gasteiger partial charge in [0.05, 0.1) is 11.0 Å². The molecule has 1 fully saturated rings. The number of nitrogens with two attached hydrogens (primary N) is 1. The van der Waals surface area contributed by atoms with E-state index in [-0.39, 0.29) is 5.41 Å². The summed E-state index contributed by atoms with van der Waals surface area (Å²) in [6, 6.07) is 6.81. The number of hydrogen-bond donors (Lipinski definition) is 1. The minimum Gasteiger partial charge on any atom is -0.330 e. The fourth-order valence-corrected chi connectivity index (χ4v) is 3.82. The molecule has 1 saturated carbocycles. The lowest BCUT2D eigenvalue weighted by Gasteiger charge is -2.36. The van der Waals surface area contributed by atoms with Crippen LogP contribution in [0.3, 0.4) is 0 Å². The van der Waals surface area contributed by atoms with E-state index >= 15 is 0 Å². The van der Waals surface area contributed by atoms with Crippen LogP contribution in [-0.2, 0) is 12.0 Å². The number of aryl methyl sites for hydroxylation is 2. The number of benzene rings is 1. The first-order valence-electron chi connectivity index (χ1n) is 7.87. The van der Waals surface area contributed by atoms with Gasteiger partial charge in [-0.1, -0.05) is 25.3 Å². The number of fused-ring (bicyclic) bond motifs is 1. The van der Waals surface area contributed by atoms with Crippen molar-refractivity contribution < 1.29 is 0 Å². The molecule has 20 heavy (non-hydrogen) atoms. The summed E-state index contributed by atoms with van der Waals surface area (Å²) in [5.74, 6) is 1.10. The molecule has 3 rings (SSSR count). The molecule has 0 spiro atoms. The Bertz CT molecular complexity index is 606. The van der Waals surface area contributed by atoms with Crippen LogP contribution in [0.4, 0.5) is 0 Å². The zero-order valence-corrected chi connectivity index (χ0v) is 12.7. The van der Waals surface area contributed by atoms with E-state index in [1.165, 1.54) is 43.2 Å². The minimum absolute atomic E-state index is 0.191. The topological polar surface area (TPSA) is 43.8 Å². The Kier molecular flexibility index (Phi) is 3.55. The number of imidazole rings is 1. The lowest BCUT2D eigenvalue weighted by atomic mass is 9.69. The van der Waals surface area contributed by atoms with Crippen molar-refractivity contribution >= 4 is 11.0 Å². The molecular weight excluding hydrogens is 246 g/mol. The number of rotatable bonds is 3. The van der Waals surface area contributed by atoms with E-state index in [4.69, 9.17) is 10.7 Å². The van der Waals surface area contributed by atoms with Gasteiger partial charge in [-0.3, -0.25) is 0 Å². The van der Waals surface area contributed by atoms with Gasteiger partial charge in [0.2, 0.25) is 0 Å². The van der Waals surface area contributed by atoms with Crippen LogP contribution in [0.1, 0.15) is 50.4 Å². The first-order chi connectivity index (χ1) is 9.70. The van der Waals surface area contributed by atoms with Gasteiger partial charge in [0.1, 0.15) is 5.82 Å². The molecule has 0 atom stereocenters. The monoisotopic (exact) mass is 271 g/mol. The highest BCUT2D eigenvalue weighted by Gasteiger charge is 2.32. The lowest BCUT2D eigenvalue weighted by molar-refractivity contribution is 0.301. The number of nitrogens with zero attached hydrogens (tertiary/aromatic N) is 2. The van der Waals surface area contributed by atoms with Crippen LogP contribution >= 0.6 is 0 Å². The van der Waals surface area contributed by atoms with Gasteiger partial charge >= 0.3 is 0 Å². The molecular formula is C17H25N3. The number of aromatic nitrogens is 2. The van der Waals surface area contributed by atoms with Gasteiger partial charge in [-0.2, -0.15) is 0 Å². The van der Waals surface area contributed by atoms with Crippen molar-refractivity contribution in [2.75, 3.05) is 6.54 Å². The summed E-state index contributed by atoms with van der Waals surface area (Å²) in [5.41, 5.74) is 10.1. The van der Waals surface area contributed by atoms with Crippen LogP contribution < -0.4 is 5.73 Å². The molecule has 0 aliphatic heterocycles. The van der Waals surface area contributed by atoms with Gasteiger partial charge < -0.3 is 10.3 Å². The van der Waals surface area contributed by atoms with E-state index in [1.54, 1.807) is 0 Å². The summed E-state index contributed by atoms with van der Waals surface area (Å²) < 4.78 is 2.27. The van der Waals surface area contributed by atoms with Crippen LogP contribution in [-0.4, -0.2) is 16.1 Å². The Hall–Kier alpha value is -1.35. The molecule has 0 unspecified atom stereocenters. The Balaban J connectivity index is 2.08. The molecule has 2 aromatic rings. The molecule has 1 aromatic heterocycles. The highest BCUT2D eigenvalue weighted by atomic mass is 15.1. The summed E-state index contributed by atoms with van der Waals surface area (Å²) in [4.78, 5) is 4.73. The van der Waals surface area contributed by atoms with E-state index in [2.05, 4.69) is 36.6 Å². The van der Waals surface area contributed by atoms with Crippen LogP contribution in [0.15, 0.2) is 18.2 Å². The molecule has 1 aromatic carbocycles. The molecule has 3 heteroatoms. The van der Waals surface area contributed by atoms with E-state index < -0.39 is 0 Å². The SMILES string of the molecule is CCn1c(C)nc2cc(C3(CN)CCCCC3)ccc21. The molecule has 2 N–H and O–H groups in total. The average molecular weight is 271 g/mol. The van der Waals surface area contributed by atoms with Gasteiger partial charge in [-0.15, -0.1) is 0 Å². The van der Waals surface area contributed by atoms with Gasteiger partial charge in [0.25, 0.3) is 0 Å². The zero-order chi connectivity index (χ0) is 14.2. The Morgan fingerprint density at radius 3 is 2.65 bits per heavy atom.